The quantitative estimate of drug-likeness (QED) is 0.501. The van der Waals surface area contributed by atoms with Gasteiger partial charge < -0.3 is 19.3 Å². The molecule has 0 unspecified atom stereocenters. The van der Waals surface area contributed by atoms with E-state index in [0.717, 1.165) is 0 Å². The average molecular weight is 246 g/mol. The summed E-state index contributed by atoms with van der Waals surface area (Å²) in [4.78, 5) is 0. The van der Waals surface area contributed by atoms with Crippen molar-refractivity contribution < 1.29 is 19.3 Å². The molecule has 4 heteroatoms. The fourth-order valence-corrected chi connectivity index (χ4v) is 2.36. The molecule has 3 heterocycles. The van der Waals surface area contributed by atoms with Crippen molar-refractivity contribution in [3.63, 3.8) is 0 Å². The van der Waals surface area contributed by atoms with Gasteiger partial charge in [0, 0.05) is 12.5 Å². The summed E-state index contributed by atoms with van der Waals surface area (Å²) in [6.07, 6.45) is 2.53. The Balaban J connectivity index is 1.72. The molecule has 1 N–H and O–H groups in total. The number of hydrogen-bond acceptors (Lipinski definition) is 4. The largest absolute Gasteiger partial charge is 0.460 e. The van der Waals surface area contributed by atoms with Crippen LogP contribution in [0.4, 0.5) is 0 Å². The standard InChI is InChI=1S/C14H14O4/c1-2-3-4-5-6-11-12-13(17-12)14(18-11)8-7-10(15)9-16-14/h6,10,12-13,15H,7-9H2,1H3/b11-6-/t10-,12+,13+,14+/m0/s1. The molecule has 18 heavy (non-hydrogen) atoms. The van der Waals surface area contributed by atoms with E-state index in [4.69, 9.17) is 14.2 Å². The summed E-state index contributed by atoms with van der Waals surface area (Å²) >= 11 is 0. The van der Waals surface area contributed by atoms with Crippen molar-refractivity contribution in [2.24, 2.45) is 0 Å². The first-order chi connectivity index (χ1) is 8.75. The molecule has 0 aromatic heterocycles. The maximum atomic E-state index is 9.45. The van der Waals surface area contributed by atoms with Gasteiger partial charge in [-0.1, -0.05) is 11.8 Å². The lowest BCUT2D eigenvalue weighted by Gasteiger charge is -2.35. The lowest BCUT2D eigenvalue weighted by molar-refractivity contribution is -0.257. The van der Waals surface area contributed by atoms with E-state index in [1.807, 2.05) is 0 Å². The van der Waals surface area contributed by atoms with E-state index in [1.54, 1.807) is 13.0 Å². The number of rotatable bonds is 0. The van der Waals surface area contributed by atoms with Gasteiger partial charge in [-0.25, -0.2) is 0 Å². The Morgan fingerprint density at radius 1 is 1.44 bits per heavy atom. The molecule has 4 nitrogen and oxygen atoms in total. The summed E-state index contributed by atoms with van der Waals surface area (Å²) in [6.45, 7) is 2.04. The molecule has 0 bridgehead atoms. The molecule has 0 amide bonds. The van der Waals surface area contributed by atoms with Gasteiger partial charge in [0.2, 0.25) is 5.79 Å². The SMILES string of the molecule is CC#CC#C/C=C1\O[C@]2(CC[C@H](O)CO2)[C@@H]2O[C@H]12. The first kappa shape index (κ1) is 11.6. The van der Waals surface area contributed by atoms with Crippen LogP contribution in [0.15, 0.2) is 11.8 Å². The van der Waals surface area contributed by atoms with Crippen LogP contribution in [0.25, 0.3) is 0 Å². The fourth-order valence-electron chi connectivity index (χ4n) is 2.36. The van der Waals surface area contributed by atoms with Gasteiger partial charge in [0.15, 0.2) is 6.10 Å². The Labute approximate surface area is 106 Å². The van der Waals surface area contributed by atoms with Crippen LogP contribution in [0.3, 0.4) is 0 Å². The van der Waals surface area contributed by atoms with Crippen molar-refractivity contribution >= 4 is 0 Å². The minimum absolute atomic E-state index is 0.0378. The van der Waals surface area contributed by atoms with Crippen LogP contribution in [0.5, 0.6) is 0 Å². The molecule has 94 valence electrons. The third-order valence-corrected chi connectivity index (χ3v) is 3.32. The minimum atomic E-state index is -0.701. The van der Waals surface area contributed by atoms with E-state index in [2.05, 4.69) is 23.7 Å². The highest BCUT2D eigenvalue weighted by Crippen LogP contribution is 2.52. The smallest absolute Gasteiger partial charge is 0.239 e. The molecule has 3 rings (SSSR count). The third-order valence-electron chi connectivity index (χ3n) is 3.32. The summed E-state index contributed by atoms with van der Waals surface area (Å²) in [5.74, 6) is 10.9. The first-order valence-corrected chi connectivity index (χ1v) is 6.04. The van der Waals surface area contributed by atoms with Crippen molar-refractivity contribution in [1.82, 2.24) is 0 Å². The van der Waals surface area contributed by atoms with Gasteiger partial charge in [-0.05, 0) is 25.2 Å². The van der Waals surface area contributed by atoms with E-state index >= 15 is 0 Å². The molecule has 0 radical (unpaired) electrons. The fraction of sp³-hybridized carbons (Fsp3) is 0.571. The molecule has 1 spiro atoms. The lowest BCUT2D eigenvalue weighted by atomic mass is 10.0. The molecular weight excluding hydrogens is 232 g/mol. The second-order valence-corrected chi connectivity index (χ2v) is 4.59. The predicted molar refractivity (Wildman–Crippen MR) is 63.0 cm³/mol. The normalized spacial score (nSPS) is 42.3. The number of hydrogen-bond donors (Lipinski definition) is 1. The van der Waals surface area contributed by atoms with Crippen LogP contribution in [0.2, 0.25) is 0 Å². The van der Waals surface area contributed by atoms with Gasteiger partial charge in [0.1, 0.15) is 11.9 Å². The van der Waals surface area contributed by atoms with Crippen LogP contribution in [0, 0.1) is 23.7 Å². The molecule has 4 atom stereocenters. The summed E-state index contributed by atoms with van der Waals surface area (Å²) in [7, 11) is 0. The van der Waals surface area contributed by atoms with E-state index in [-0.39, 0.29) is 12.2 Å². The zero-order chi connectivity index (χ0) is 12.6. The zero-order valence-electron chi connectivity index (χ0n) is 10.1. The van der Waals surface area contributed by atoms with Gasteiger partial charge in [0.05, 0.1) is 12.7 Å². The molecule has 0 aromatic rings. The first-order valence-electron chi connectivity index (χ1n) is 6.04. The maximum absolute atomic E-state index is 9.45. The number of fused-ring (bicyclic) bond motifs is 2. The van der Waals surface area contributed by atoms with Crippen molar-refractivity contribution in [2.75, 3.05) is 6.61 Å². The monoisotopic (exact) mass is 246 g/mol. The maximum Gasteiger partial charge on any atom is 0.239 e. The van der Waals surface area contributed by atoms with E-state index in [9.17, 15) is 5.11 Å². The highest BCUT2D eigenvalue weighted by atomic mass is 16.8. The number of aliphatic hydroxyl groups is 1. The minimum Gasteiger partial charge on any atom is -0.460 e. The van der Waals surface area contributed by atoms with Crippen LogP contribution in [-0.2, 0) is 14.2 Å². The van der Waals surface area contributed by atoms with Gasteiger partial charge in [-0.3, -0.25) is 0 Å². The average Bonchev–Trinajstić information content (AvgIpc) is 3.12. The van der Waals surface area contributed by atoms with Crippen molar-refractivity contribution in [3.8, 4) is 23.7 Å². The summed E-state index contributed by atoms with van der Waals surface area (Å²) in [5.41, 5.74) is 0. The van der Waals surface area contributed by atoms with Gasteiger partial charge >= 0.3 is 0 Å². The Morgan fingerprint density at radius 3 is 3.06 bits per heavy atom. The molecule has 0 saturated carbocycles. The third kappa shape index (κ3) is 1.89. The van der Waals surface area contributed by atoms with E-state index < -0.39 is 11.9 Å². The van der Waals surface area contributed by atoms with Crippen LogP contribution in [-0.4, -0.2) is 35.8 Å². The predicted octanol–water partition coefficient (Wildman–Crippen LogP) is 0.562. The second-order valence-electron chi connectivity index (χ2n) is 4.59. The molecule has 3 saturated heterocycles. The van der Waals surface area contributed by atoms with Crippen molar-refractivity contribution in [2.45, 2.75) is 43.9 Å². The second kappa shape index (κ2) is 4.33. The number of aliphatic hydroxyl groups excluding tert-OH is 1. The van der Waals surface area contributed by atoms with E-state index in [1.165, 1.54) is 0 Å². The molecule has 0 aromatic carbocycles. The van der Waals surface area contributed by atoms with E-state index in [0.29, 0.717) is 25.2 Å². The highest BCUT2D eigenvalue weighted by Gasteiger charge is 2.67. The van der Waals surface area contributed by atoms with Crippen LogP contribution < -0.4 is 0 Å². The summed E-state index contributed by atoms with van der Waals surface area (Å²) in [5, 5.41) is 9.45. The van der Waals surface area contributed by atoms with Crippen molar-refractivity contribution in [3.05, 3.63) is 11.8 Å². The number of epoxide rings is 1. The van der Waals surface area contributed by atoms with Gasteiger partial charge in [-0.15, -0.1) is 0 Å². The summed E-state index contributed by atoms with van der Waals surface area (Å²) < 4.78 is 17.0. The highest BCUT2D eigenvalue weighted by molar-refractivity contribution is 5.34. The molecule has 0 aliphatic carbocycles. The Bertz CT molecular complexity index is 491. The summed E-state index contributed by atoms with van der Waals surface area (Å²) in [6, 6.07) is 0. The molecule has 3 aliphatic heterocycles. The Hall–Kier alpha value is -1.46. The molecule has 3 aliphatic rings. The van der Waals surface area contributed by atoms with Crippen LogP contribution >= 0.6 is 0 Å². The number of ether oxygens (including phenoxy) is 3. The van der Waals surface area contributed by atoms with Crippen molar-refractivity contribution in [1.29, 1.82) is 0 Å². The molecule has 3 fully saturated rings. The van der Waals surface area contributed by atoms with Gasteiger partial charge in [0.25, 0.3) is 0 Å². The topological polar surface area (TPSA) is 51.2 Å². The Kier molecular flexibility index (Phi) is 2.80. The number of allylic oxidation sites excluding steroid dienone is 1. The van der Waals surface area contributed by atoms with Gasteiger partial charge in [-0.2, -0.15) is 0 Å². The lowest BCUT2D eigenvalue weighted by Crippen LogP contribution is -2.45. The van der Waals surface area contributed by atoms with Crippen LogP contribution in [0.1, 0.15) is 19.8 Å². The Morgan fingerprint density at radius 2 is 2.33 bits per heavy atom. The zero-order valence-corrected chi connectivity index (χ0v) is 10.1. The molecular formula is C14H14O4.